The molecule has 0 heterocycles. The summed E-state index contributed by atoms with van der Waals surface area (Å²) in [5.74, 6) is 0. The predicted octanol–water partition coefficient (Wildman–Crippen LogP) is 1.51. The molecular weight excluding hydrogens is 219 g/mol. The van der Waals surface area contributed by atoms with E-state index in [0.717, 1.165) is 17.7 Å². The first kappa shape index (κ1) is 13.3. The normalized spacial score (nSPS) is 20.6. The molecule has 92 valence electrons. The maximum absolute atomic E-state index is 12.1. The Hall–Kier alpha value is -0.800. The molecule has 0 bridgehead atoms. The SMILES string of the molecule is CN(CC(F)(F)F)CC(C)(C#N)NC1CC1. The van der Waals surface area contributed by atoms with Crippen LogP contribution in [-0.4, -0.2) is 42.8 Å². The molecule has 6 heteroatoms. The Balaban J connectivity index is 2.45. The van der Waals surface area contributed by atoms with Crippen molar-refractivity contribution in [2.75, 3.05) is 20.1 Å². The second kappa shape index (κ2) is 4.60. The molecule has 1 fully saturated rings. The van der Waals surface area contributed by atoms with Gasteiger partial charge in [0.05, 0.1) is 12.6 Å². The lowest BCUT2D eigenvalue weighted by atomic mass is 10.0. The van der Waals surface area contributed by atoms with Crippen LogP contribution in [0, 0.1) is 11.3 Å². The van der Waals surface area contributed by atoms with Crippen LogP contribution in [0.5, 0.6) is 0 Å². The number of rotatable bonds is 5. The van der Waals surface area contributed by atoms with E-state index in [1.807, 2.05) is 6.07 Å². The summed E-state index contributed by atoms with van der Waals surface area (Å²) in [4.78, 5) is 1.12. The Morgan fingerprint density at radius 2 is 1.94 bits per heavy atom. The molecule has 0 saturated heterocycles. The van der Waals surface area contributed by atoms with E-state index >= 15 is 0 Å². The van der Waals surface area contributed by atoms with Gasteiger partial charge >= 0.3 is 6.18 Å². The maximum atomic E-state index is 12.1. The van der Waals surface area contributed by atoms with Gasteiger partial charge in [-0.2, -0.15) is 18.4 Å². The van der Waals surface area contributed by atoms with Crippen molar-refractivity contribution in [2.24, 2.45) is 0 Å². The Morgan fingerprint density at radius 1 is 1.38 bits per heavy atom. The molecule has 1 atom stereocenters. The molecule has 0 amide bonds. The maximum Gasteiger partial charge on any atom is 0.401 e. The van der Waals surface area contributed by atoms with Gasteiger partial charge in [0.2, 0.25) is 0 Å². The Labute approximate surface area is 93.2 Å². The highest BCUT2D eigenvalue weighted by Gasteiger charge is 2.36. The monoisotopic (exact) mass is 235 g/mol. The van der Waals surface area contributed by atoms with Crippen molar-refractivity contribution < 1.29 is 13.2 Å². The van der Waals surface area contributed by atoms with Crippen LogP contribution in [0.15, 0.2) is 0 Å². The summed E-state index contributed by atoms with van der Waals surface area (Å²) in [6.07, 6.45) is -2.22. The van der Waals surface area contributed by atoms with E-state index in [-0.39, 0.29) is 6.54 Å². The summed E-state index contributed by atoms with van der Waals surface area (Å²) in [5.41, 5.74) is -0.902. The molecule has 0 aromatic carbocycles. The van der Waals surface area contributed by atoms with Crippen molar-refractivity contribution in [1.82, 2.24) is 10.2 Å². The van der Waals surface area contributed by atoms with Crippen molar-refractivity contribution in [2.45, 2.75) is 37.5 Å². The second-order valence-electron chi connectivity index (χ2n) is 4.65. The number of hydrogen-bond donors (Lipinski definition) is 1. The van der Waals surface area contributed by atoms with E-state index in [4.69, 9.17) is 5.26 Å². The van der Waals surface area contributed by atoms with E-state index in [1.54, 1.807) is 6.92 Å². The van der Waals surface area contributed by atoms with Crippen molar-refractivity contribution in [3.8, 4) is 6.07 Å². The first-order valence-electron chi connectivity index (χ1n) is 5.18. The van der Waals surface area contributed by atoms with E-state index in [1.165, 1.54) is 7.05 Å². The van der Waals surface area contributed by atoms with Crippen LogP contribution >= 0.6 is 0 Å². The molecule has 16 heavy (non-hydrogen) atoms. The van der Waals surface area contributed by atoms with Gasteiger partial charge in [-0.3, -0.25) is 10.2 Å². The summed E-state index contributed by atoms with van der Waals surface area (Å²) in [7, 11) is 1.37. The van der Waals surface area contributed by atoms with Gasteiger partial charge in [-0.25, -0.2) is 0 Å². The summed E-state index contributed by atoms with van der Waals surface area (Å²) >= 11 is 0. The fourth-order valence-electron chi connectivity index (χ4n) is 1.69. The zero-order valence-electron chi connectivity index (χ0n) is 9.43. The molecule has 1 saturated carbocycles. The number of likely N-dealkylation sites (N-methyl/N-ethyl adjacent to an activating group) is 1. The van der Waals surface area contributed by atoms with Gasteiger partial charge in [0, 0.05) is 12.6 Å². The highest BCUT2D eigenvalue weighted by atomic mass is 19.4. The van der Waals surface area contributed by atoms with Crippen LogP contribution in [0.25, 0.3) is 0 Å². The third-order valence-electron chi connectivity index (χ3n) is 2.38. The largest absolute Gasteiger partial charge is 0.401 e. The molecule has 0 aromatic rings. The van der Waals surface area contributed by atoms with Crippen molar-refractivity contribution >= 4 is 0 Å². The van der Waals surface area contributed by atoms with Gasteiger partial charge in [-0.15, -0.1) is 0 Å². The first-order chi connectivity index (χ1) is 7.24. The van der Waals surface area contributed by atoms with Crippen molar-refractivity contribution in [1.29, 1.82) is 5.26 Å². The number of halogens is 3. The zero-order valence-corrected chi connectivity index (χ0v) is 9.43. The lowest BCUT2D eigenvalue weighted by Crippen LogP contribution is -2.51. The third kappa shape index (κ3) is 4.81. The number of nitrogens with zero attached hydrogens (tertiary/aromatic N) is 2. The van der Waals surface area contributed by atoms with Crippen LogP contribution in [-0.2, 0) is 0 Å². The number of nitriles is 1. The molecule has 1 rings (SSSR count). The third-order valence-corrected chi connectivity index (χ3v) is 2.38. The Bertz CT molecular complexity index is 280. The number of hydrogen-bond acceptors (Lipinski definition) is 3. The lowest BCUT2D eigenvalue weighted by molar-refractivity contribution is -0.144. The fourth-order valence-corrected chi connectivity index (χ4v) is 1.69. The summed E-state index contributed by atoms with van der Waals surface area (Å²) in [5, 5.41) is 12.1. The minimum absolute atomic E-state index is 0.0690. The predicted molar refractivity (Wildman–Crippen MR) is 53.7 cm³/mol. The van der Waals surface area contributed by atoms with Crippen LogP contribution in [0.3, 0.4) is 0 Å². The van der Waals surface area contributed by atoms with Crippen LogP contribution in [0.1, 0.15) is 19.8 Å². The fraction of sp³-hybridized carbons (Fsp3) is 0.900. The van der Waals surface area contributed by atoms with Gasteiger partial charge in [0.1, 0.15) is 5.54 Å². The van der Waals surface area contributed by atoms with Crippen molar-refractivity contribution in [3.63, 3.8) is 0 Å². The van der Waals surface area contributed by atoms with Gasteiger partial charge in [-0.1, -0.05) is 0 Å². The number of alkyl halides is 3. The minimum atomic E-state index is -4.22. The molecule has 0 radical (unpaired) electrons. The summed E-state index contributed by atoms with van der Waals surface area (Å²) in [6, 6.07) is 2.34. The van der Waals surface area contributed by atoms with E-state index in [9.17, 15) is 13.2 Å². The number of nitrogens with one attached hydrogen (secondary N) is 1. The van der Waals surface area contributed by atoms with Crippen LogP contribution < -0.4 is 5.32 Å². The smallest absolute Gasteiger partial charge is 0.296 e. The highest BCUT2D eigenvalue weighted by Crippen LogP contribution is 2.23. The minimum Gasteiger partial charge on any atom is -0.296 e. The molecule has 1 aliphatic carbocycles. The molecule has 1 aliphatic rings. The topological polar surface area (TPSA) is 39.1 Å². The molecule has 0 spiro atoms. The molecular formula is C10H16F3N3. The van der Waals surface area contributed by atoms with Crippen molar-refractivity contribution in [3.05, 3.63) is 0 Å². The second-order valence-corrected chi connectivity index (χ2v) is 4.65. The highest BCUT2D eigenvalue weighted by molar-refractivity contribution is 5.08. The molecule has 0 aromatic heterocycles. The zero-order chi connectivity index (χ0) is 12.4. The molecule has 1 N–H and O–H groups in total. The van der Waals surface area contributed by atoms with Gasteiger partial charge in [0.15, 0.2) is 0 Å². The standard InChI is InChI=1S/C10H16F3N3/c1-9(5-14,15-8-3-4-8)6-16(2)7-10(11,12)13/h8,15H,3-4,6-7H2,1-2H3. The van der Waals surface area contributed by atoms with Crippen LogP contribution in [0.2, 0.25) is 0 Å². The lowest BCUT2D eigenvalue weighted by Gasteiger charge is -2.29. The first-order valence-corrected chi connectivity index (χ1v) is 5.18. The van der Waals surface area contributed by atoms with E-state index < -0.39 is 18.3 Å². The average Bonchev–Trinajstić information content (AvgIpc) is 2.84. The molecule has 0 aliphatic heterocycles. The Morgan fingerprint density at radius 3 is 2.31 bits per heavy atom. The van der Waals surface area contributed by atoms with Gasteiger partial charge in [-0.05, 0) is 26.8 Å². The quantitative estimate of drug-likeness (QED) is 0.785. The van der Waals surface area contributed by atoms with E-state index in [0.29, 0.717) is 6.04 Å². The Kier molecular flexibility index (Phi) is 3.81. The molecule has 3 nitrogen and oxygen atoms in total. The summed E-state index contributed by atoms with van der Waals surface area (Å²) < 4.78 is 36.3. The van der Waals surface area contributed by atoms with Crippen LogP contribution in [0.4, 0.5) is 13.2 Å². The van der Waals surface area contributed by atoms with Gasteiger partial charge < -0.3 is 0 Å². The average molecular weight is 235 g/mol. The summed E-state index contributed by atoms with van der Waals surface area (Å²) in [6.45, 7) is 0.717. The van der Waals surface area contributed by atoms with E-state index in [2.05, 4.69) is 5.32 Å². The van der Waals surface area contributed by atoms with Gasteiger partial charge in [0.25, 0.3) is 0 Å². The molecule has 1 unspecified atom stereocenters.